The lowest BCUT2D eigenvalue weighted by molar-refractivity contribution is -0.149. The number of carbonyl (C=O) groups is 2. The second kappa shape index (κ2) is 9.33. The van der Waals surface area contributed by atoms with Gasteiger partial charge in [-0.25, -0.2) is 0 Å². The Hall–Kier alpha value is -0.860. The summed E-state index contributed by atoms with van der Waals surface area (Å²) in [6, 6.07) is 0. The molecule has 4 saturated carbocycles. The molecule has 0 aromatic carbocycles. The van der Waals surface area contributed by atoms with Crippen LogP contribution in [0.15, 0.2) is 0 Å². The Morgan fingerprint density at radius 3 is 2.33 bits per heavy atom. The molecule has 8 unspecified atom stereocenters. The minimum Gasteiger partial charge on any atom is -0.469 e. The summed E-state index contributed by atoms with van der Waals surface area (Å²) < 4.78 is 4.83. The SMILES string of the molecule is CC.COC(=O)CCCC1CCC2C3CCC4C(C)C(=O)CCC4(C)C3CCC12C. The van der Waals surface area contributed by atoms with Gasteiger partial charge in [-0.05, 0) is 98.2 Å². The van der Waals surface area contributed by atoms with Crippen LogP contribution in [-0.2, 0) is 14.3 Å². The minimum absolute atomic E-state index is 0.0596. The third-order valence-corrected chi connectivity index (χ3v) is 10.3. The van der Waals surface area contributed by atoms with Gasteiger partial charge in [0.05, 0.1) is 7.11 Å². The number of methoxy groups -OCH3 is 1. The molecule has 0 bridgehead atoms. The monoisotopic (exact) mass is 418 g/mol. The predicted octanol–water partition coefficient (Wildman–Crippen LogP) is 6.83. The van der Waals surface area contributed by atoms with Gasteiger partial charge in [0, 0.05) is 18.8 Å². The predicted molar refractivity (Wildman–Crippen MR) is 122 cm³/mol. The minimum atomic E-state index is -0.0596. The molecule has 4 aliphatic rings. The highest BCUT2D eigenvalue weighted by molar-refractivity contribution is 5.82. The molecular formula is C27H46O3. The summed E-state index contributed by atoms with van der Waals surface area (Å²) >= 11 is 0. The van der Waals surface area contributed by atoms with Crippen molar-refractivity contribution >= 4 is 11.8 Å². The number of hydrogen-bond donors (Lipinski definition) is 0. The molecule has 3 heteroatoms. The van der Waals surface area contributed by atoms with E-state index in [1.165, 1.54) is 52.1 Å². The molecule has 4 fully saturated rings. The summed E-state index contributed by atoms with van der Waals surface area (Å²) in [5.41, 5.74) is 0.858. The topological polar surface area (TPSA) is 43.4 Å². The molecular weight excluding hydrogens is 372 g/mol. The second-order valence-corrected chi connectivity index (χ2v) is 11.1. The second-order valence-electron chi connectivity index (χ2n) is 11.1. The zero-order chi connectivity index (χ0) is 22.1. The summed E-state index contributed by atoms with van der Waals surface area (Å²) in [6.07, 6.45) is 12.7. The third-order valence-electron chi connectivity index (χ3n) is 10.3. The summed E-state index contributed by atoms with van der Waals surface area (Å²) in [5, 5.41) is 0. The lowest BCUT2D eigenvalue weighted by atomic mass is 9.43. The molecule has 4 aliphatic carbocycles. The van der Waals surface area contributed by atoms with Crippen LogP contribution in [0.2, 0.25) is 0 Å². The highest BCUT2D eigenvalue weighted by Crippen LogP contribution is 2.68. The van der Waals surface area contributed by atoms with Crippen molar-refractivity contribution in [1.29, 1.82) is 0 Å². The molecule has 0 saturated heterocycles. The molecule has 172 valence electrons. The van der Waals surface area contributed by atoms with Crippen molar-refractivity contribution < 1.29 is 14.3 Å². The lowest BCUT2D eigenvalue weighted by Crippen LogP contribution is -2.55. The first-order valence-electron chi connectivity index (χ1n) is 12.9. The van der Waals surface area contributed by atoms with Crippen molar-refractivity contribution in [3.05, 3.63) is 0 Å². The van der Waals surface area contributed by atoms with Crippen LogP contribution in [-0.4, -0.2) is 18.9 Å². The Kier molecular flexibility index (Phi) is 7.40. The quantitative estimate of drug-likeness (QED) is 0.470. The maximum Gasteiger partial charge on any atom is 0.305 e. The number of hydrogen-bond acceptors (Lipinski definition) is 3. The number of Topliss-reactive ketones (excluding diaryl/α,β-unsaturated/α-hetero) is 1. The molecule has 0 aromatic heterocycles. The molecule has 0 aromatic rings. The van der Waals surface area contributed by atoms with Crippen LogP contribution in [0.4, 0.5) is 0 Å². The summed E-state index contributed by atoms with van der Waals surface area (Å²) in [5.74, 6) is 4.70. The molecule has 3 nitrogen and oxygen atoms in total. The van der Waals surface area contributed by atoms with Crippen molar-refractivity contribution in [3.63, 3.8) is 0 Å². The zero-order valence-corrected chi connectivity index (χ0v) is 20.5. The maximum absolute atomic E-state index is 12.4. The van der Waals surface area contributed by atoms with E-state index in [4.69, 9.17) is 4.74 Å². The number of carbonyl (C=O) groups excluding carboxylic acids is 2. The number of ether oxygens (including phenoxy) is 1. The fourth-order valence-corrected chi connectivity index (χ4v) is 8.70. The molecule has 8 atom stereocenters. The Balaban J connectivity index is 0.00000124. The van der Waals surface area contributed by atoms with Gasteiger partial charge in [0.15, 0.2) is 0 Å². The fourth-order valence-electron chi connectivity index (χ4n) is 8.70. The Bertz CT molecular complexity index is 628. The fraction of sp³-hybridized carbons (Fsp3) is 0.926. The first-order valence-corrected chi connectivity index (χ1v) is 12.9. The van der Waals surface area contributed by atoms with E-state index in [9.17, 15) is 9.59 Å². The standard InChI is InChI=1S/C25H40O3.C2H6/c1-16-19-11-9-18-20-10-8-17(6-5-7-23(27)28-4)24(20,2)14-12-21(18)25(19,3)15-13-22(16)26;1-2/h16-21H,5-15H2,1-4H3;1-2H3. The van der Waals surface area contributed by atoms with Gasteiger partial charge in [0.25, 0.3) is 0 Å². The average Bonchev–Trinajstić information content (AvgIpc) is 3.09. The average molecular weight is 419 g/mol. The van der Waals surface area contributed by atoms with E-state index in [-0.39, 0.29) is 11.9 Å². The summed E-state index contributed by atoms with van der Waals surface area (Å²) in [7, 11) is 1.49. The molecule has 0 heterocycles. The Morgan fingerprint density at radius 2 is 1.63 bits per heavy atom. The first-order chi connectivity index (χ1) is 14.3. The van der Waals surface area contributed by atoms with E-state index in [1.54, 1.807) is 0 Å². The molecule has 30 heavy (non-hydrogen) atoms. The van der Waals surface area contributed by atoms with E-state index in [0.29, 0.717) is 29.0 Å². The molecule has 0 radical (unpaired) electrons. The van der Waals surface area contributed by atoms with Crippen LogP contribution >= 0.6 is 0 Å². The molecule has 0 aliphatic heterocycles. The van der Waals surface area contributed by atoms with Gasteiger partial charge in [-0.2, -0.15) is 0 Å². The zero-order valence-electron chi connectivity index (χ0n) is 20.5. The number of esters is 1. The number of fused-ring (bicyclic) bond motifs is 5. The van der Waals surface area contributed by atoms with Crippen LogP contribution in [0.5, 0.6) is 0 Å². The van der Waals surface area contributed by atoms with Gasteiger partial charge in [0.1, 0.15) is 5.78 Å². The summed E-state index contributed by atoms with van der Waals surface area (Å²) in [4.78, 5) is 23.9. The van der Waals surface area contributed by atoms with Gasteiger partial charge in [-0.3, -0.25) is 9.59 Å². The molecule has 0 spiro atoms. The summed E-state index contributed by atoms with van der Waals surface area (Å²) in [6.45, 7) is 11.3. The van der Waals surface area contributed by atoms with Crippen molar-refractivity contribution in [3.8, 4) is 0 Å². The Morgan fingerprint density at radius 1 is 0.967 bits per heavy atom. The normalized spacial score (nSPS) is 44.8. The van der Waals surface area contributed by atoms with E-state index < -0.39 is 0 Å². The van der Waals surface area contributed by atoms with Gasteiger partial charge >= 0.3 is 5.97 Å². The first kappa shape index (κ1) is 23.8. The van der Waals surface area contributed by atoms with E-state index in [2.05, 4.69) is 20.8 Å². The van der Waals surface area contributed by atoms with E-state index in [0.717, 1.165) is 42.9 Å². The highest BCUT2D eigenvalue weighted by Gasteiger charge is 2.60. The lowest BCUT2D eigenvalue weighted by Gasteiger charge is -2.61. The number of rotatable bonds is 4. The highest BCUT2D eigenvalue weighted by atomic mass is 16.5. The van der Waals surface area contributed by atoms with Crippen LogP contribution < -0.4 is 0 Å². The molecule has 4 rings (SSSR count). The van der Waals surface area contributed by atoms with Crippen LogP contribution in [0.3, 0.4) is 0 Å². The maximum atomic E-state index is 12.4. The Labute approximate surface area is 185 Å². The third kappa shape index (κ3) is 3.88. The molecule has 0 N–H and O–H groups in total. The van der Waals surface area contributed by atoms with Gasteiger partial charge in [-0.15, -0.1) is 0 Å². The largest absolute Gasteiger partial charge is 0.469 e. The van der Waals surface area contributed by atoms with Crippen molar-refractivity contribution in [2.24, 2.45) is 46.3 Å². The van der Waals surface area contributed by atoms with Crippen LogP contribution in [0, 0.1) is 46.3 Å². The van der Waals surface area contributed by atoms with Gasteiger partial charge in [0.2, 0.25) is 0 Å². The van der Waals surface area contributed by atoms with Gasteiger partial charge in [-0.1, -0.05) is 34.6 Å². The molecule has 0 amide bonds. The van der Waals surface area contributed by atoms with Crippen LogP contribution in [0.25, 0.3) is 0 Å². The number of ketones is 1. The van der Waals surface area contributed by atoms with Crippen LogP contribution in [0.1, 0.15) is 105 Å². The smallest absolute Gasteiger partial charge is 0.305 e. The van der Waals surface area contributed by atoms with E-state index in [1.807, 2.05) is 13.8 Å². The van der Waals surface area contributed by atoms with Crippen molar-refractivity contribution in [2.75, 3.05) is 7.11 Å². The van der Waals surface area contributed by atoms with E-state index >= 15 is 0 Å². The van der Waals surface area contributed by atoms with Gasteiger partial charge < -0.3 is 4.74 Å². The van der Waals surface area contributed by atoms with Crippen molar-refractivity contribution in [1.82, 2.24) is 0 Å². The van der Waals surface area contributed by atoms with Crippen molar-refractivity contribution in [2.45, 2.75) is 105 Å².